The van der Waals surface area contributed by atoms with E-state index in [2.05, 4.69) is 11.5 Å². The van der Waals surface area contributed by atoms with E-state index in [4.69, 9.17) is 0 Å². The van der Waals surface area contributed by atoms with E-state index in [-0.39, 0.29) is 11.6 Å². The Morgan fingerprint density at radius 1 is 0.917 bits per heavy atom. The van der Waals surface area contributed by atoms with Gasteiger partial charge in [-0.25, -0.2) is 8.78 Å². The van der Waals surface area contributed by atoms with Crippen LogP contribution in [-0.4, -0.2) is 22.7 Å². The van der Waals surface area contributed by atoms with E-state index in [0.717, 1.165) is 17.5 Å². The average Bonchev–Trinajstić information content (AvgIpc) is 2.57. The number of aliphatic hydroxyl groups is 1. The van der Waals surface area contributed by atoms with Crippen LogP contribution in [0.1, 0.15) is 24.0 Å². The molecule has 128 valence electrons. The highest BCUT2D eigenvalue weighted by molar-refractivity contribution is 5.18. The minimum Gasteiger partial charge on any atom is -0.392 e. The van der Waals surface area contributed by atoms with Crippen LogP contribution in [0.3, 0.4) is 0 Å². The monoisotopic (exact) mass is 331 g/mol. The van der Waals surface area contributed by atoms with Crippen molar-refractivity contribution in [2.45, 2.75) is 32.0 Å². The molecule has 0 aromatic heterocycles. The molecule has 0 fully saturated rings. The van der Waals surface area contributed by atoms with E-state index in [1.165, 1.54) is 24.3 Å². The number of rotatable bonds is 9. The third-order valence-corrected chi connectivity index (χ3v) is 3.81. The van der Waals surface area contributed by atoms with Gasteiger partial charge in [-0.05, 0) is 48.2 Å². The van der Waals surface area contributed by atoms with E-state index in [0.29, 0.717) is 26.1 Å². The van der Waals surface area contributed by atoms with Gasteiger partial charge >= 0.3 is 0 Å². The summed E-state index contributed by atoms with van der Waals surface area (Å²) >= 11 is 0. The molecule has 0 spiro atoms. The second kappa shape index (κ2) is 9.30. The minimum atomic E-state index is -0.469. The molecule has 2 rings (SSSR count). The molecule has 0 aliphatic heterocycles. The fourth-order valence-electron chi connectivity index (χ4n) is 2.58. The zero-order valence-corrected chi connectivity index (χ0v) is 13.7. The van der Waals surface area contributed by atoms with Crippen molar-refractivity contribution >= 4 is 0 Å². The highest BCUT2D eigenvalue weighted by atomic mass is 19.1. The molecule has 0 heterocycles. The predicted octanol–water partition coefficient (Wildman–Crippen LogP) is 4.29. The van der Waals surface area contributed by atoms with Crippen LogP contribution in [0.5, 0.6) is 0 Å². The first-order valence-electron chi connectivity index (χ1n) is 8.07. The average molecular weight is 331 g/mol. The molecule has 2 aromatic rings. The first-order chi connectivity index (χ1) is 11.6. The molecule has 1 atom stereocenters. The molecule has 2 nitrogen and oxygen atoms in total. The summed E-state index contributed by atoms with van der Waals surface area (Å²) in [7, 11) is 0. The van der Waals surface area contributed by atoms with Crippen molar-refractivity contribution in [3.63, 3.8) is 0 Å². The molecule has 0 saturated carbocycles. The third kappa shape index (κ3) is 6.22. The number of hydrogen-bond donors (Lipinski definition) is 1. The van der Waals surface area contributed by atoms with Crippen LogP contribution >= 0.6 is 0 Å². The maximum Gasteiger partial charge on any atom is 0.123 e. The summed E-state index contributed by atoms with van der Waals surface area (Å²) in [6, 6.07) is 12.7. The number of nitrogens with zero attached hydrogens (tertiary/aromatic N) is 1. The Morgan fingerprint density at radius 3 is 1.79 bits per heavy atom. The topological polar surface area (TPSA) is 23.5 Å². The largest absolute Gasteiger partial charge is 0.392 e. The lowest BCUT2D eigenvalue weighted by Gasteiger charge is -2.25. The summed E-state index contributed by atoms with van der Waals surface area (Å²) in [4.78, 5) is 2.08. The van der Waals surface area contributed by atoms with Gasteiger partial charge in [0.05, 0.1) is 6.10 Å². The van der Waals surface area contributed by atoms with Crippen LogP contribution in [0.25, 0.3) is 0 Å². The van der Waals surface area contributed by atoms with E-state index < -0.39 is 6.10 Å². The zero-order chi connectivity index (χ0) is 17.4. The van der Waals surface area contributed by atoms with E-state index in [1.54, 1.807) is 30.3 Å². The molecule has 0 radical (unpaired) electrons. The van der Waals surface area contributed by atoms with Gasteiger partial charge in [0.25, 0.3) is 0 Å². The summed E-state index contributed by atoms with van der Waals surface area (Å²) in [5.41, 5.74) is 1.93. The van der Waals surface area contributed by atoms with E-state index in [1.807, 2.05) is 0 Å². The lowest BCUT2D eigenvalue weighted by atomic mass is 10.1. The summed E-state index contributed by atoms with van der Waals surface area (Å²) in [6.07, 6.45) is 2.71. The smallest absolute Gasteiger partial charge is 0.123 e. The molecule has 1 unspecified atom stereocenters. The minimum absolute atomic E-state index is 0.269. The van der Waals surface area contributed by atoms with Crippen molar-refractivity contribution in [2.24, 2.45) is 0 Å². The Bertz CT molecular complexity index is 578. The fourth-order valence-corrected chi connectivity index (χ4v) is 2.58. The molecule has 0 amide bonds. The van der Waals surface area contributed by atoms with Gasteiger partial charge in [-0.3, -0.25) is 4.90 Å². The van der Waals surface area contributed by atoms with Crippen molar-refractivity contribution in [1.29, 1.82) is 0 Å². The van der Waals surface area contributed by atoms with E-state index in [9.17, 15) is 13.9 Å². The molecular weight excluding hydrogens is 308 g/mol. The summed E-state index contributed by atoms with van der Waals surface area (Å²) in [6.45, 7) is 5.33. The normalized spacial score (nSPS) is 12.3. The van der Waals surface area contributed by atoms with Gasteiger partial charge in [0.15, 0.2) is 0 Å². The summed E-state index contributed by atoms with van der Waals surface area (Å²) in [5, 5.41) is 10.2. The van der Waals surface area contributed by atoms with Gasteiger partial charge in [0.1, 0.15) is 11.6 Å². The molecular formula is C20H23F2NO. The first kappa shape index (κ1) is 18.3. The van der Waals surface area contributed by atoms with Crippen LogP contribution in [0, 0.1) is 11.6 Å². The molecule has 0 saturated heterocycles. The number of halogens is 2. The van der Waals surface area contributed by atoms with Gasteiger partial charge in [0, 0.05) is 19.6 Å². The van der Waals surface area contributed by atoms with Crippen molar-refractivity contribution in [1.82, 2.24) is 4.90 Å². The first-order valence-corrected chi connectivity index (χ1v) is 8.07. The highest BCUT2D eigenvalue weighted by Gasteiger charge is 2.13. The van der Waals surface area contributed by atoms with Crippen LogP contribution in [0.2, 0.25) is 0 Å². The number of benzene rings is 2. The Labute approximate surface area is 142 Å². The predicted molar refractivity (Wildman–Crippen MR) is 92.4 cm³/mol. The fraction of sp³-hybridized carbons (Fsp3) is 0.300. The Balaban J connectivity index is 2.05. The summed E-state index contributed by atoms with van der Waals surface area (Å²) in [5.74, 6) is -0.537. The number of aliphatic hydroxyl groups excluding tert-OH is 1. The van der Waals surface area contributed by atoms with Gasteiger partial charge in [-0.15, -0.1) is 6.58 Å². The van der Waals surface area contributed by atoms with Gasteiger partial charge in [0.2, 0.25) is 0 Å². The van der Waals surface area contributed by atoms with Gasteiger partial charge < -0.3 is 5.11 Å². The van der Waals surface area contributed by atoms with Crippen molar-refractivity contribution in [3.05, 3.63) is 83.9 Å². The number of hydrogen-bond acceptors (Lipinski definition) is 2. The zero-order valence-electron chi connectivity index (χ0n) is 13.7. The maximum atomic E-state index is 13.1. The Hall–Kier alpha value is -2.04. The lowest BCUT2D eigenvalue weighted by molar-refractivity contribution is 0.0984. The highest BCUT2D eigenvalue weighted by Crippen LogP contribution is 2.13. The lowest BCUT2D eigenvalue weighted by Crippen LogP contribution is -2.31. The van der Waals surface area contributed by atoms with Crippen LogP contribution in [0.4, 0.5) is 8.78 Å². The van der Waals surface area contributed by atoms with Crippen LogP contribution in [-0.2, 0) is 13.1 Å². The standard InChI is InChI=1S/C20H23F2NO/c1-2-3-4-20(24)15-23(13-16-5-9-18(21)10-6-16)14-17-7-11-19(22)12-8-17/h2,5-12,20,24H,1,3-4,13-15H2. The second-order valence-electron chi connectivity index (χ2n) is 5.94. The van der Waals surface area contributed by atoms with Crippen molar-refractivity contribution in [3.8, 4) is 0 Å². The molecule has 0 bridgehead atoms. The molecule has 4 heteroatoms. The maximum absolute atomic E-state index is 13.1. The molecule has 24 heavy (non-hydrogen) atoms. The second-order valence-corrected chi connectivity index (χ2v) is 5.94. The SMILES string of the molecule is C=CCCC(O)CN(Cc1ccc(F)cc1)Cc1ccc(F)cc1. The van der Waals surface area contributed by atoms with E-state index >= 15 is 0 Å². The summed E-state index contributed by atoms with van der Waals surface area (Å²) < 4.78 is 26.1. The van der Waals surface area contributed by atoms with Gasteiger partial charge in [-0.2, -0.15) is 0 Å². The Morgan fingerprint density at radius 2 is 1.38 bits per heavy atom. The molecule has 2 aromatic carbocycles. The quantitative estimate of drug-likeness (QED) is 0.693. The van der Waals surface area contributed by atoms with Crippen LogP contribution in [0.15, 0.2) is 61.2 Å². The van der Waals surface area contributed by atoms with Gasteiger partial charge in [-0.1, -0.05) is 30.3 Å². The third-order valence-electron chi connectivity index (χ3n) is 3.81. The molecule has 0 aliphatic rings. The molecule has 1 N–H and O–H groups in total. The number of allylic oxidation sites excluding steroid dienone is 1. The molecule has 0 aliphatic carbocycles. The van der Waals surface area contributed by atoms with Crippen molar-refractivity contribution in [2.75, 3.05) is 6.54 Å². The van der Waals surface area contributed by atoms with Crippen molar-refractivity contribution < 1.29 is 13.9 Å². The Kier molecular flexibility index (Phi) is 7.09. The van der Waals surface area contributed by atoms with Crippen LogP contribution < -0.4 is 0 Å².